The van der Waals surface area contributed by atoms with E-state index < -0.39 is 0 Å². The van der Waals surface area contributed by atoms with Crippen molar-refractivity contribution < 1.29 is 34.1 Å². The molecule has 4 heteroatoms. The van der Waals surface area contributed by atoms with Gasteiger partial charge in [-0.1, -0.05) is 0 Å². The molecular formula is H5FeMnPSi. The summed E-state index contributed by atoms with van der Waals surface area (Å²) < 4.78 is 0. The van der Waals surface area contributed by atoms with Gasteiger partial charge in [0.2, 0.25) is 0 Å². The van der Waals surface area contributed by atoms with Crippen molar-refractivity contribution in [1.29, 1.82) is 0 Å². The molecule has 0 heterocycles. The third kappa shape index (κ3) is 9.36. The van der Waals surface area contributed by atoms with Gasteiger partial charge in [0.15, 0.2) is 0 Å². The second kappa shape index (κ2) is 22.4. The maximum Gasteiger partial charge on any atom is 0.0252 e. The molecule has 0 aliphatic carbocycles. The minimum atomic E-state index is 0. The van der Waals surface area contributed by atoms with E-state index in [0.717, 1.165) is 0 Å². The molecule has 1 unspecified atom stereocenters. The first kappa shape index (κ1) is 17.3. The summed E-state index contributed by atoms with van der Waals surface area (Å²) in [6.07, 6.45) is 0. The minimum absolute atomic E-state index is 0. The molecule has 0 bridgehead atoms. The number of hydrogen-bond donors (Lipinski definition) is 0. The van der Waals surface area contributed by atoms with E-state index in [4.69, 9.17) is 0 Å². The predicted octanol–water partition coefficient (Wildman–Crippen LogP) is -0.863. The second-order valence-electron chi connectivity index (χ2n) is 0. The van der Waals surface area contributed by atoms with Gasteiger partial charge in [-0.05, 0) is 0 Å². The SMILES string of the molecule is [Fe].[Mn].[SiH3]P. The smallest absolute Gasteiger partial charge is 0.0252 e. The zero-order chi connectivity index (χ0) is 2.00. The van der Waals surface area contributed by atoms with Crippen LogP contribution in [0.3, 0.4) is 0 Å². The average Bonchev–Trinajstić information content (AvgIpc) is 1.00. The molecule has 0 aliphatic heterocycles. The summed E-state index contributed by atoms with van der Waals surface area (Å²) in [5.74, 6) is 0. The molecule has 0 aromatic heterocycles. The van der Waals surface area contributed by atoms with Gasteiger partial charge in [-0.15, -0.1) is 0 Å². The fourth-order valence-corrected chi connectivity index (χ4v) is 0. The zero-order valence-corrected chi connectivity index (χ0v) is 7.75. The summed E-state index contributed by atoms with van der Waals surface area (Å²) >= 11 is 0. The Morgan fingerprint density at radius 2 is 1.25 bits per heavy atom. The van der Waals surface area contributed by atoms with Crippen LogP contribution in [0.5, 0.6) is 0 Å². The predicted molar refractivity (Wildman–Crippen MR) is 19.6 cm³/mol. The average molecular weight is 175 g/mol. The molecule has 0 aromatic carbocycles. The van der Waals surface area contributed by atoms with Crippen LogP contribution in [0.1, 0.15) is 0 Å². The number of hydrogen-bond acceptors (Lipinski definition) is 0. The summed E-state index contributed by atoms with van der Waals surface area (Å²) in [6, 6.07) is 0. The molecule has 0 N–H and O–H groups in total. The molecule has 0 spiro atoms. The Hall–Kier alpha value is 1.69. The molecule has 0 saturated carbocycles. The molecule has 0 nitrogen and oxygen atoms in total. The Labute approximate surface area is 52.9 Å². The van der Waals surface area contributed by atoms with E-state index in [-0.39, 0.29) is 34.1 Å². The molecule has 0 saturated heterocycles. The number of rotatable bonds is 0. The van der Waals surface area contributed by atoms with E-state index in [1.807, 2.05) is 0 Å². The van der Waals surface area contributed by atoms with E-state index in [2.05, 4.69) is 8.79 Å². The Morgan fingerprint density at radius 3 is 1.25 bits per heavy atom. The molecule has 0 amide bonds. The normalized spacial score (nSPS) is 2.25. The topological polar surface area (TPSA) is 0 Å². The van der Waals surface area contributed by atoms with Gasteiger partial charge in [-0.3, -0.25) is 0 Å². The van der Waals surface area contributed by atoms with E-state index in [0.29, 0.717) is 0 Å². The molecule has 1 atom stereocenters. The van der Waals surface area contributed by atoms with Gasteiger partial charge in [0.1, 0.15) is 0 Å². The maximum atomic E-state index is 2.56. The summed E-state index contributed by atoms with van der Waals surface area (Å²) in [7, 11) is 3.78. The van der Waals surface area contributed by atoms with Crippen LogP contribution in [0.2, 0.25) is 0 Å². The standard InChI is InChI=1S/Fe.Mn.H5PSi/c;;1-2/h;;1H2,2H3. The Bertz CT molecular complexity index is 8.00. The van der Waals surface area contributed by atoms with E-state index in [9.17, 15) is 0 Å². The summed E-state index contributed by atoms with van der Waals surface area (Å²) in [5.41, 5.74) is 0. The van der Waals surface area contributed by atoms with Crippen molar-refractivity contribution in [2.45, 2.75) is 0 Å². The van der Waals surface area contributed by atoms with Crippen LogP contribution in [-0.2, 0) is 34.1 Å². The molecule has 0 aliphatic rings. The third-order valence-electron chi connectivity index (χ3n) is 0. The van der Waals surface area contributed by atoms with Crippen molar-refractivity contribution in [3.8, 4) is 0 Å². The first-order valence-corrected chi connectivity index (χ1v) is 5.20. The van der Waals surface area contributed by atoms with Crippen molar-refractivity contribution in [3.05, 3.63) is 0 Å². The van der Waals surface area contributed by atoms with Gasteiger partial charge < -0.3 is 0 Å². The van der Waals surface area contributed by atoms with Gasteiger partial charge in [0, 0.05) is 44.0 Å². The first-order valence-electron chi connectivity index (χ1n) is 0.577. The van der Waals surface area contributed by atoms with Crippen molar-refractivity contribution >= 4 is 18.7 Å². The van der Waals surface area contributed by atoms with E-state index in [1.54, 1.807) is 0 Å². The van der Waals surface area contributed by atoms with Crippen LogP contribution in [0.15, 0.2) is 0 Å². The van der Waals surface area contributed by atoms with Gasteiger partial charge in [0.05, 0.1) is 0 Å². The van der Waals surface area contributed by atoms with Gasteiger partial charge >= 0.3 is 0 Å². The van der Waals surface area contributed by atoms with Crippen LogP contribution in [0.25, 0.3) is 0 Å². The van der Waals surface area contributed by atoms with Crippen molar-refractivity contribution in [2.24, 2.45) is 0 Å². The fourth-order valence-electron chi connectivity index (χ4n) is 0. The van der Waals surface area contributed by atoms with Gasteiger partial charge in [0.25, 0.3) is 0 Å². The van der Waals surface area contributed by atoms with Crippen LogP contribution in [0, 0.1) is 0 Å². The largest absolute Gasteiger partial charge is 0.159 e. The molecule has 4 heavy (non-hydrogen) atoms. The summed E-state index contributed by atoms with van der Waals surface area (Å²) in [6.45, 7) is 0. The van der Waals surface area contributed by atoms with Crippen LogP contribution in [0.4, 0.5) is 0 Å². The monoisotopic (exact) mass is 175 g/mol. The van der Waals surface area contributed by atoms with Gasteiger partial charge in [-0.2, -0.15) is 8.79 Å². The molecule has 29 valence electrons. The molecular weight excluding hydrogens is 170 g/mol. The van der Waals surface area contributed by atoms with Crippen molar-refractivity contribution in [3.63, 3.8) is 0 Å². The summed E-state index contributed by atoms with van der Waals surface area (Å²) in [4.78, 5) is 0. The van der Waals surface area contributed by atoms with Crippen LogP contribution in [-0.4, -0.2) is 9.91 Å². The van der Waals surface area contributed by atoms with Crippen molar-refractivity contribution in [2.75, 3.05) is 0 Å². The Balaban J connectivity index is -0.00000000500. The third-order valence-corrected chi connectivity index (χ3v) is 0. The Morgan fingerprint density at radius 1 is 1.25 bits per heavy atom. The Kier molecular flexibility index (Phi) is 96.9. The quantitative estimate of drug-likeness (QED) is 0.331. The van der Waals surface area contributed by atoms with Crippen LogP contribution >= 0.6 is 8.79 Å². The molecule has 0 rings (SSSR count). The van der Waals surface area contributed by atoms with Gasteiger partial charge in [-0.25, -0.2) is 0 Å². The van der Waals surface area contributed by atoms with Crippen LogP contribution < -0.4 is 0 Å². The van der Waals surface area contributed by atoms with E-state index >= 15 is 0 Å². The van der Waals surface area contributed by atoms with Crippen molar-refractivity contribution in [1.82, 2.24) is 0 Å². The summed E-state index contributed by atoms with van der Waals surface area (Å²) in [5, 5.41) is 0. The molecule has 1 radical (unpaired) electrons. The minimum Gasteiger partial charge on any atom is -0.159 e. The molecule has 0 fully saturated rings. The fraction of sp³-hybridized carbons (Fsp3) is 0. The zero-order valence-electron chi connectivity index (χ0n) is 2.31. The first-order chi connectivity index (χ1) is 1.00. The van der Waals surface area contributed by atoms with E-state index in [1.165, 1.54) is 9.91 Å². The molecule has 0 aromatic rings. The second-order valence-corrected chi connectivity index (χ2v) is 0. The maximum absolute atomic E-state index is 2.56.